The van der Waals surface area contributed by atoms with E-state index in [1.54, 1.807) is 12.1 Å². The molecule has 16 nitrogen and oxygen atoms in total. The predicted molar refractivity (Wildman–Crippen MR) is 244 cm³/mol. The fourth-order valence-electron chi connectivity index (χ4n) is 9.66. The molecule has 0 radical (unpaired) electrons. The Balaban J connectivity index is 0.836. The first-order valence-corrected chi connectivity index (χ1v) is 23.0. The number of hydrogen-bond donors (Lipinski definition) is 0. The zero-order valence-corrected chi connectivity index (χ0v) is 37.9. The summed E-state index contributed by atoms with van der Waals surface area (Å²) in [4.78, 5) is 75.0. The third-order valence-electron chi connectivity index (χ3n) is 13.1. The normalized spacial score (nSPS) is 21.1. The van der Waals surface area contributed by atoms with Crippen LogP contribution in [0.3, 0.4) is 0 Å². The van der Waals surface area contributed by atoms with Gasteiger partial charge in [0, 0.05) is 28.7 Å². The number of esters is 4. The average molecular weight is 945 g/mol. The van der Waals surface area contributed by atoms with Crippen LogP contribution in [0.25, 0.3) is 0 Å². The van der Waals surface area contributed by atoms with Crippen LogP contribution in [0.15, 0.2) is 110 Å². The first-order chi connectivity index (χ1) is 33.5. The van der Waals surface area contributed by atoms with Crippen molar-refractivity contribution < 1.29 is 76.1 Å². The largest absolute Gasteiger partial charge is 0.519 e. The van der Waals surface area contributed by atoms with Crippen LogP contribution in [0.4, 0.5) is 9.59 Å². The number of aryl methyl sites for hydroxylation is 2. The average Bonchev–Trinajstić information content (AvgIpc) is 3.94. The van der Waals surface area contributed by atoms with Crippen molar-refractivity contribution in [2.45, 2.75) is 94.7 Å². The Kier molecular flexibility index (Phi) is 15.5. The fraction of sp³-hybridized carbons (Fsp3) is 0.358. The summed E-state index contributed by atoms with van der Waals surface area (Å²) in [6, 6.07) is 23.3. The van der Waals surface area contributed by atoms with E-state index in [2.05, 4.69) is 13.2 Å². The van der Waals surface area contributed by atoms with Gasteiger partial charge in [0.1, 0.15) is 34.5 Å². The van der Waals surface area contributed by atoms with E-state index in [0.717, 1.165) is 34.4 Å². The molecule has 0 N–H and O–H groups in total. The molecular weight excluding hydrogens is 893 g/mol. The molecule has 8 rings (SSSR count). The predicted octanol–water partition coefficient (Wildman–Crippen LogP) is 9.36. The van der Waals surface area contributed by atoms with Gasteiger partial charge in [-0.2, -0.15) is 0 Å². The first kappa shape index (κ1) is 48.2. The van der Waals surface area contributed by atoms with Crippen LogP contribution in [0.1, 0.15) is 86.5 Å². The highest BCUT2D eigenvalue weighted by atomic mass is 16.7. The Hall–Kier alpha value is -7.30. The first-order valence-electron chi connectivity index (χ1n) is 23.0. The highest BCUT2D eigenvalue weighted by molar-refractivity contribution is 5.81. The van der Waals surface area contributed by atoms with Gasteiger partial charge in [-0.15, -0.1) is 0 Å². The number of hydrogen-bond acceptors (Lipinski definition) is 16. The minimum Gasteiger partial charge on any atom is -0.435 e. The molecule has 0 atom stereocenters. The van der Waals surface area contributed by atoms with Crippen molar-refractivity contribution in [2.24, 2.45) is 11.8 Å². The summed E-state index contributed by atoms with van der Waals surface area (Å²) >= 11 is 0. The molecule has 4 aliphatic carbocycles. The molecule has 2 fully saturated rings. The van der Waals surface area contributed by atoms with Crippen LogP contribution in [0.2, 0.25) is 0 Å². The van der Waals surface area contributed by atoms with E-state index in [1.807, 2.05) is 24.3 Å². The smallest absolute Gasteiger partial charge is 0.435 e. The van der Waals surface area contributed by atoms with Gasteiger partial charge in [0.15, 0.2) is 13.6 Å². The molecule has 2 saturated carbocycles. The second-order valence-electron chi connectivity index (χ2n) is 17.2. The van der Waals surface area contributed by atoms with Gasteiger partial charge in [0.2, 0.25) is 0 Å². The van der Waals surface area contributed by atoms with Gasteiger partial charge in [-0.25, -0.2) is 19.2 Å². The van der Waals surface area contributed by atoms with Crippen LogP contribution < -0.4 is 28.4 Å². The Morgan fingerprint density at radius 2 is 0.841 bits per heavy atom. The van der Waals surface area contributed by atoms with E-state index in [1.165, 1.54) is 48.5 Å². The van der Waals surface area contributed by atoms with Gasteiger partial charge in [0.25, 0.3) is 0 Å². The molecule has 360 valence electrons. The minimum absolute atomic E-state index is 0.127. The molecule has 0 aromatic heterocycles. The second kappa shape index (κ2) is 22.2. The zero-order chi connectivity index (χ0) is 48.3. The van der Waals surface area contributed by atoms with E-state index in [0.29, 0.717) is 100 Å². The third kappa shape index (κ3) is 11.9. The van der Waals surface area contributed by atoms with Crippen LogP contribution >= 0.6 is 0 Å². The standard InChI is InChI=1S/C53H52O16/c1-3-45(54)62-31-60-37-15-11-35(12-16-37)49(56)64-39-19-23-41(24-20-39)66-51(58)68-43-9-5-7-33-27-29-53(47(33)43)30-28-34-8-6-10-44(48(34)53)69-52(59)67-42-25-21-40(22-26-42)65-50(57)36-13-17-38(18-14-36)61-32-63-46(55)4-2/h3-10,19-26,35-38H,1-2,11-18,27-32H2. The highest BCUT2D eigenvalue weighted by Gasteiger charge is 2.49. The molecule has 0 saturated heterocycles. The fourth-order valence-corrected chi connectivity index (χ4v) is 9.66. The molecule has 0 unspecified atom stereocenters. The van der Waals surface area contributed by atoms with E-state index in [-0.39, 0.29) is 61.1 Å². The molecule has 0 bridgehead atoms. The summed E-state index contributed by atoms with van der Waals surface area (Å²) in [5, 5.41) is 0. The van der Waals surface area contributed by atoms with Crippen molar-refractivity contribution in [1.29, 1.82) is 0 Å². The van der Waals surface area contributed by atoms with Crippen molar-refractivity contribution in [3.8, 4) is 34.5 Å². The van der Waals surface area contributed by atoms with E-state index in [9.17, 15) is 28.8 Å². The lowest BCUT2D eigenvalue weighted by molar-refractivity contribution is -0.159. The van der Waals surface area contributed by atoms with E-state index >= 15 is 0 Å². The van der Waals surface area contributed by atoms with Crippen LogP contribution in [-0.2, 0) is 56.4 Å². The van der Waals surface area contributed by atoms with Crippen molar-refractivity contribution >= 4 is 36.2 Å². The summed E-state index contributed by atoms with van der Waals surface area (Å²) in [5.41, 5.74) is 3.01. The van der Waals surface area contributed by atoms with Crippen LogP contribution in [-0.4, -0.2) is 62.0 Å². The van der Waals surface area contributed by atoms with Gasteiger partial charge in [-0.05, 0) is 149 Å². The number of benzene rings is 4. The Morgan fingerprint density at radius 3 is 1.20 bits per heavy atom. The molecule has 69 heavy (non-hydrogen) atoms. The molecule has 4 aromatic carbocycles. The van der Waals surface area contributed by atoms with Crippen molar-refractivity contribution in [2.75, 3.05) is 13.6 Å². The maximum atomic E-state index is 13.3. The Bertz CT molecular complexity index is 2370. The number of carbonyl (C=O) groups excluding carboxylic acids is 6. The summed E-state index contributed by atoms with van der Waals surface area (Å²) in [6.45, 7) is 6.36. The molecule has 4 aromatic rings. The van der Waals surface area contributed by atoms with Gasteiger partial charge in [-0.1, -0.05) is 37.4 Å². The van der Waals surface area contributed by atoms with Crippen molar-refractivity contribution in [3.05, 3.63) is 132 Å². The molecule has 4 aliphatic rings. The molecule has 0 aliphatic heterocycles. The second-order valence-corrected chi connectivity index (χ2v) is 17.2. The molecule has 1 spiro atoms. The third-order valence-corrected chi connectivity index (χ3v) is 13.1. The SMILES string of the molecule is C=CC(=O)OCOC1CCC(C(=O)Oc2ccc(OC(=O)Oc3cccc4c3C3(CC4)CCc4cccc(OC(=O)Oc5ccc(OC(=O)C6CCC(OCOC(=O)C=C)CC6)cc5)c43)cc2)CC1. The summed E-state index contributed by atoms with van der Waals surface area (Å²) in [5.74, 6) is -0.888. The molecule has 0 amide bonds. The van der Waals surface area contributed by atoms with Gasteiger partial charge in [-0.3, -0.25) is 9.59 Å². The summed E-state index contributed by atoms with van der Waals surface area (Å²) in [6.07, 6.45) is 7.43. The lowest BCUT2D eigenvalue weighted by Gasteiger charge is -2.29. The number of fused-ring (bicyclic) bond motifs is 4. The Morgan fingerprint density at radius 1 is 0.478 bits per heavy atom. The lowest BCUT2D eigenvalue weighted by atomic mass is 9.76. The van der Waals surface area contributed by atoms with Crippen molar-refractivity contribution in [3.63, 3.8) is 0 Å². The van der Waals surface area contributed by atoms with Crippen LogP contribution in [0, 0.1) is 11.8 Å². The number of rotatable bonds is 16. The van der Waals surface area contributed by atoms with E-state index < -0.39 is 29.7 Å². The molecule has 0 heterocycles. The minimum atomic E-state index is -0.958. The maximum absolute atomic E-state index is 13.3. The van der Waals surface area contributed by atoms with Crippen LogP contribution in [0.5, 0.6) is 34.5 Å². The Labute approximate surface area is 398 Å². The zero-order valence-electron chi connectivity index (χ0n) is 37.9. The number of ether oxygens (including phenoxy) is 10. The lowest BCUT2D eigenvalue weighted by Crippen LogP contribution is -2.29. The maximum Gasteiger partial charge on any atom is 0.519 e. The van der Waals surface area contributed by atoms with Gasteiger partial charge < -0.3 is 47.4 Å². The van der Waals surface area contributed by atoms with Gasteiger partial charge >= 0.3 is 36.2 Å². The quantitative estimate of drug-likeness (QED) is 0.0338. The summed E-state index contributed by atoms with van der Waals surface area (Å²) < 4.78 is 55.1. The van der Waals surface area contributed by atoms with Crippen molar-refractivity contribution in [1.82, 2.24) is 0 Å². The molecule has 16 heteroatoms. The monoisotopic (exact) mass is 944 g/mol. The van der Waals surface area contributed by atoms with Gasteiger partial charge in [0.05, 0.1) is 24.0 Å². The highest BCUT2D eigenvalue weighted by Crippen LogP contribution is 2.57. The van der Waals surface area contributed by atoms with E-state index in [4.69, 9.17) is 47.4 Å². The summed E-state index contributed by atoms with van der Waals surface area (Å²) in [7, 11) is 0. The molecular formula is C53H52O16. The number of carbonyl (C=O) groups is 6. The topological polar surface area (TPSA) is 195 Å².